The SMILES string of the molecule is CCn1cc(C(=O)N[C@@H](Cn2nccn2)C(C)C)c(=O)c2ccc(C)nc21. The first kappa shape index (κ1) is 18.8. The molecule has 0 unspecified atom stereocenters. The lowest BCUT2D eigenvalue weighted by Gasteiger charge is -2.22. The van der Waals surface area contributed by atoms with Gasteiger partial charge in [-0.15, -0.1) is 0 Å². The number of carbonyl (C=O) groups excluding carboxylic acids is 1. The number of nitrogens with one attached hydrogen (secondary N) is 1. The number of hydrogen-bond acceptors (Lipinski definition) is 5. The van der Waals surface area contributed by atoms with Crippen molar-refractivity contribution in [2.24, 2.45) is 5.92 Å². The summed E-state index contributed by atoms with van der Waals surface area (Å²) in [5.41, 5.74) is 1.24. The highest BCUT2D eigenvalue weighted by Gasteiger charge is 2.22. The molecule has 1 amide bonds. The summed E-state index contributed by atoms with van der Waals surface area (Å²) in [6.07, 6.45) is 4.78. The Labute approximate surface area is 157 Å². The van der Waals surface area contributed by atoms with E-state index in [-0.39, 0.29) is 23.0 Å². The molecule has 0 saturated heterocycles. The number of hydrogen-bond donors (Lipinski definition) is 1. The monoisotopic (exact) mass is 368 g/mol. The molecule has 3 heterocycles. The van der Waals surface area contributed by atoms with E-state index in [4.69, 9.17) is 0 Å². The topological polar surface area (TPSA) is 94.7 Å². The lowest BCUT2D eigenvalue weighted by Crippen LogP contribution is -2.43. The van der Waals surface area contributed by atoms with Gasteiger partial charge in [0.2, 0.25) is 5.43 Å². The van der Waals surface area contributed by atoms with Gasteiger partial charge in [0.05, 0.1) is 30.4 Å². The van der Waals surface area contributed by atoms with E-state index >= 15 is 0 Å². The van der Waals surface area contributed by atoms with Crippen LogP contribution < -0.4 is 10.7 Å². The number of aryl methyl sites for hydroxylation is 2. The molecule has 27 heavy (non-hydrogen) atoms. The van der Waals surface area contributed by atoms with Crippen molar-refractivity contribution in [3.63, 3.8) is 0 Å². The molecule has 1 atom stereocenters. The van der Waals surface area contributed by atoms with Crippen molar-refractivity contribution in [3.05, 3.63) is 52.2 Å². The number of amides is 1. The van der Waals surface area contributed by atoms with E-state index in [2.05, 4.69) is 20.5 Å². The highest BCUT2D eigenvalue weighted by molar-refractivity contribution is 5.97. The van der Waals surface area contributed by atoms with Crippen molar-refractivity contribution >= 4 is 16.9 Å². The van der Waals surface area contributed by atoms with Gasteiger partial charge in [0.25, 0.3) is 5.91 Å². The van der Waals surface area contributed by atoms with Crippen molar-refractivity contribution in [1.82, 2.24) is 29.9 Å². The number of pyridine rings is 2. The molecule has 0 bridgehead atoms. The molecule has 8 nitrogen and oxygen atoms in total. The maximum Gasteiger partial charge on any atom is 0.257 e. The summed E-state index contributed by atoms with van der Waals surface area (Å²) >= 11 is 0. The zero-order valence-electron chi connectivity index (χ0n) is 16.0. The van der Waals surface area contributed by atoms with Crippen LogP contribution in [0.2, 0.25) is 0 Å². The summed E-state index contributed by atoms with van der Waals surface area (Å²) in [7, 11) is 0. The van der Waals surface area contributed by atoms with Crippen LogP contribution >= 0.6 is 0 Å². The lowest BCUT2D eigenvalue weighted by atomic mass is 10.0. The number of aromatic nitrogens is 5. The van der Waals surface area contributed by atoms with Gasteiger partial charge in [0, 0.05) is 18.4 Å². The molecule has 3 aromatic heterocycles. The van der Waals surface area contributed by atoms with Gasteiger partial charge in [-0.1, -0.05) is 13.8 Å². The minimum atomic E-state index is -0.393. The van der Waals surface area contributed by atoms with E-state index < -0.39 is 5.91 Å². The predicted molar refractivity (Wildman–Crippen MR) is 103 cm³/mol. The molecule has 0 aliphatic rings. The predicted octanol–water partition coefficient (Wildman–Crippen LogP) is 1.77. The molecule has 8 heteroatoms. The van der Waals surface area contributed by atoms with E-state index in [1.807, 2.05) is 32.3 Å². The minimum absolute atomic E-state index is 0.120. The van der Waals surface area contributed by atoms with Crippen LogP contribution in [0.25, 0.3) is 11.0 Å². The molecule has 3 aromatic rings. The Kier molecular flexibility index (Phi) is 5.34. The Balaban J connectivity index is 1.96. The van der Waals surface area contributed by atoms with Gasteiger partial charge in [0.15, 0.2) is 0 Å². The molecule has 0 aromatic carbocycles. The summed E-state index contributed by atoms with van der Waals surface area (Å²) in [6, 6.07) is 3.31. The molecule has 0 aliphatic heterocycles. The van der Waals surface area contributed by atoms with Crippen molar-refractivity contribution in [2.75, 3.05) is 0 Å². The molecule has 1 N–H and O–H groups in total. The van der Waals surface area contributed by atoms with E-state index in [1.54, 1.807) is 30.7 Å². The van der Waals surface area contributed by atoms with Crippen molar-refractivity contribution in [3.8, 4) is 0 Å². The van der Waals surface area contributed by atoms with Crippen LogP contribution in [-0.4, -0.2) is 36.5 Å². The van der Waals surface area contributed by atoms with Gasteiger partial charge >= 0.3 is 0 Å². The van der Waals surface area contributed by atoms with Crippen molar-refractivity contribution < 1.29 is 4.79 Å². The summed E-state index contributed by atoms with van der Waals surface area (Å²) in [6.45, 7) is 8.89. The molecule has 142 valence electrons. The van der Waals surface area contributed by atoms with Crippen LogP contribution in [0, 0.1) is 12.8 Å². The Bertz CT molecular complexity index is 1010. The second-order valence-electron chi connectivity index (χ2n) is 6.89. The fraction of sp³-hybridized carbons (Fsp3) is 0.421. The third-order valence-corrected chi connectivity index (χ3v) is 4.59. The van der Waals surface area contributed by atoms with Gasteiger partial charge in [-0.3, -0.25) is 9.59 Å². The number of carbonyl (C=O) groups is 1. The van der Waals surface area contributed by atoms with Gasteiger partial charge in [-0.25, -0.2) is 4.98 Å². The molecule has 0 spiro atoms. The summed E-state index contributed by atoms with van der Waals surface area (Å²) in [5, 5.41) is 11.6. The maximum atomic E-state index is 12.9. The molecule has 0 radical (unpaired) electrons. The fourth-order valence-electron chi connectivity index (χ4n) is 2.95. The zero-order chi connectivity index (χ0) is 19.6. The minimum Gasteiger partial charge on any atom is -0.347 e. The summed E-state index contributed by atoms with van der Waals surface area (Å²) < 4.78 is 1.83. The van der Waals surface area contributed by atoms with E-state index in [9.17, 15) is 9.59 Å². The van der Waals surface area contributed by atoms with Gasteiger partial charge < -0.3 is 9.88 Å². The average Bonchev–Trinajstić information content (AvgIpc) is 3.14. The second-order valence-corrected chi connectivity index (χ2v) is 6.89. The van der Waals surface area contributed by atoms with E-state index in [0.717, 1.165) is 5.69 Å². The van der Waals surface area contributed by atoms with Gasteiger partial charge in [0.1, 0.15) is 11.2 Å². The van der Waals surface area contributed by atoms with Gasteiger partial charge in [-0.05, 0) is 31.9 Å². The standard InChI is InChI=1S/C19H24N6O2/c1-5-24-10-15(17(26)14-7-6-13(4)22-18(14)24)19(27)23-16(12(2)3)11-25-20-8-9-21-25/h6-10,12,16H,5,11H2,1-4H3,(H,23,27)/t16-/m0/s1. The summed E-state index contributed by atoms with van der Waals surface area (Å²) in [5.74, 6) is -0.242. The number of fused-ring (bicyclic) bond motifs is 1. The Morgan fingerprint density at radius 3 is 2.56 bits per heavy atom. The van der Waals surface area contributed by atoms with Crippen LogP contribution in [-0.2, 0) is 13.1 Å². The molecule has 0 fully saturated rings. The summed E-state index contributed by atoms with van der Waals surface area (Å²) in [4.78, 5) is 31.8. The first-order valence-corrected chi connectivity index (χ1v) is 9.06. The van der Waals surface area contributed by atoms with Crippen LogP contribution in [0.4, 0.5) is 0 Å². The Morgan fingerprint density at radius 2 is 1.93 bits per heavy atom. The van der Waals surface area contributed by atoms with E-state index in [1.165, 1.54) is 4.80 Å². The van der Waals surface area contributed by atoms with Crippen molar-refractivity contribution in [1.29, 1.82) is 0 Å². The van der Waals surface area contributed by atoms with Crippen LogP contribution in [0.15, 0.2) is 35.5 Å². The zero-order valence-corrected chi connectivity index (χ0v) is 16.0. The van der Waals surface area contributed by atoms with Crippen LogP contribution in [0.1, 0.15) is 36.8 Å². The highest BCUT2D eigenvalue weighted by atomic mass is 16.2. The first-order chi connectivity index (χ1) is 12.9. The first-order valence-electron chi connectivity index (χ1n) is 9.06. The Hall–Kier alpha value is -3.03. The molecule has 0 aliphatic carbocycles. The molecule has 0 saturated carbocycles. The molecule has 3 rings (SSSR count). The smallest absolute Gasteiger partial charge is 0.257 e. The lowest BCUT2D eigenvalue weighted by molar-refractivity contribution is 0.0916. The van der Waals surface area contributed by atoms with Crippen LogP contribution in [0.5, 0.6) is 0 Å². The highest BCUT2D eigenvalue weighted by Crippen LogP contribution is 2.12. The average molecular weight is 368 g/mol. The van der Waals surface area contributed by atoms with Crippen molar-refractivity contribution in [2.45, 2.75) is 46.8 Å². The molecular weight excluding hydrogens is 344 g/mol. The normalized spacial score (nSPS) is 12.5. The fourth-order valence-corrected chi connectivity index (χ4v) is 2.95. The largest absolute Gasteiger partial charge is 0.347 e. The number of rotatable bonds is 6. The third kappa shape index (κ3) is 3.89. The maximum absolute atomic E-state index is 12.9. The van der Waals surface area contributed by atoms with E-state index in [0.29, 0.717) is 24.1 Å². The second kappa shape index (κ2) is 7.69. The molecular formula is C19H24N6O2. The number of nitrogens with zero attached hydrogens (tertiary/aromatic N) is 5. The quantitative estimate of drug-likeness (QED) is 0.715. The third-order valence-electron chi connectivity index (χ3n) is 4.59. The Morgan fingerprint density at radius 1 is 1.22 bits per heavy atom. The van der Waals surface area contributed by atoms with Gasteiger partial charge in [-0.2, -0.15) is 15.0 Å². The van der Waals surface area contributed by atoms with Crippen LogP contribution in [0.3, 0.4) is 0 Å².